The molecule has 0 aliphatic heterocycles. The van der Waals surface area contributed by atoms with Crippen molar-refractivity contribution in [1.29, 1.82) is 0 Å². The zero-order chi connectivity index (χ0) is 19.6. The van der Waals surface area contributed by atoms with Crippen LogP contribution in [0, 0.1) is 11.6 Å². The molecule has 0 unspecified atom stereocenters. The Morgan fingerprint density at radius 1 is 1.22 bits per heavy atom. The number of esters is 1. The lowest BCUT2D eigenvalue weighted by Crippen LogP contribution is -2.39. The number of carbonyl (C=O) groups is 2. The number of methoxy groups -OCH3 is 1. The van der Waals surface area contributed by atoms with Crippen LogP contribution in [0.15, 0.2) is 48.9 Å². The van der Waals surface area contributed by atoms with Crippen molar-refractivity contribution >= 4 is 11.9 Å². The Labute approximate surface area is 153 Å². The third-order valence-electron chi connectivity index (χ3n) is 3.88. The smallest absolute Gasteiger partial charge is 0.328 e. The van der Waals surface area contributed by atoms with Crippen LogP contribution in [-0.2, 0) is 9.53 Å². The number of carbonyl (C=O) groups excluding carboxylic acids is 2. The van der Waals surface area contributed by atoms with Gasteiger partial charge >= 0.3 is 5.97 Å². The fourth-order valence-corrected chi connectivity index (χ4v) is 2.57. The van der Waals surface area contributed by atoms with Gasteiger partial charge in [-0.15, -0.1) is 0 Å². The van der Waals surface area contributed by atoms with Gasteiger partial charge in [-0.3, -0.25) is 4.79 Å². The molecule has 0 spiro atoms. The van der Waals surface area contributed by atoms with Crippen LogP contribution in [0.2, 0.25) is 0 Å². The van der Waals surface area contributed by atoms with Crippen LogP contribution in [-0.4, -0.2) is 39.4 Å². The van der Waals surface area contributed by atoms with E-state index in [0.29, 0.717) is 0 Å². The molecular formula is C18H16F2N4O3. The van der Waals surface area contributed by atoms with E-state index in [1.165, 1.54) is 31.0 Å². The summed E-state index contributed by atoms with van der Waals surface area (Å²) in [6.07, 6.45) is 4.54. The molecule has 1 aromatic carbocycles. The molecule has 0 saturated heterocycles. The molecule has 7 nitrogen and oxygen atoms in total. The van der Waals surface area contributed by atoms with Crippen molar-refractivity contribution in [2.45, 2.75) is 13.0 Å². The van der Waals surface area contributed by atoms with Crippen LogP contribution >= 0.6 is 0 Å². The van der Waals surface area contributed by atoms with E-state index >= 15 is 0 Å². The topological polar surface area (TPSA) is 78.2 Å². The van der Waals surface area contributed by atoms with E-state index in [4.69, 9.17) is 0 Å². The second kappa shape index (κ2) is 7.40. The second-order valence-electron chi connectivity index (χ2n) is 5.70. The lowest BCUT2D eigenvalue weighted by atomic mass is 10.2. The van der Waals surface area contributed by atoms with Crippen molar-refractivity contribution in [2.24, 2.45) is 0 Å². The average Bonchev–Trinajstić information content (AvgIpc) is 3.30. The molecule has 0 aliphatic carbocycles. The Morgan fingerprint density at radius 2 is 1.93 bits per heavy atom. The number of benzene rings is 1. The van der Waals surface area contributed by atoms with E-state index in [0.717, 1.165) is 12.1 Å². The molecule has 3 rings (SSSR count). The zero-order valence-electron chi connectivity index (χ0n) is 14.5. The summed E-state index contributed by atoms with van der Waals surface area (Å²) >= 11 is 0. The van der Waals surface area contributed by atoms with Crippen molar-refractivity contribution in [2.75, 3.05) is 7.11 Å². The van der Waals surface area contributed by atoms with Crippen LogP contribution in [0.3, 0.4) is 0 Å². The number of ether oxygens (including phenoxy) is 1. The number of aromatic nitrogens is 3. The summed E-state index contributed by atoms with van der Waals surface area (Å²) in [6.45, 7) is 1.48. The maximum Gasteiger partial charge on any atom is 0.328 e. The standard InChI is InChI=1S/C18H16F2N4O3/c1-11(18(26)27-2)22-16(25)13-10-21-24(17(13)23-7-3-4-8-23)15-6-5-12(19)9-14(15)20/h3-11H,1-2H3,(H,22,25)/t11-/m0/s1. The second-order valence-corrected chi connectivity index (χ2v) is 5.70. The quantitative estimate of drug-likeness (QED) is 0.695. The van der Waals surface area contributed by atoms with E-state index in [1.807, 2.05) is 0 Å². The van der Waals surface area contributed by atoms with Crippen molar-refractivity contribution in [3.63, 3.8) is 0 Å². The summed E-state index contributed by atoms with van der Waals surface area (Å²) in [5, 5.41) is 6.59. The number of amides is 1. The molecule has 0 radical (unpaired) electrons. The SMILES string of the molecule is COC(=O)[C@H](C)NC(=O)c1cnn(-c2ccc(F)cc2F)c1-n1cccc1. The number of hydrogen-bond acceptors (Lipinski definition) is 4. The fraction of sp³-hybridized carbons (Fsp3) is 0.167. The molecule has 3 aromatic rings. The predicted octanol–water partition coefficient (Wildman–Crippen LogP) is 2.23. The van der Waals surface area contributed by atoms with E-state index < -0.39 is 29.6 Å². The first-order valence-electron chi connectivity index (χ1n) is 7.98. The van der Waals surface area contributed by atoms with Gasteiger partial charge in [0.2, 0.25) is 0 Å². The molecule has 0 bridgehead atoms. The van der Waals surface area contributed by atoms with Crippen LogP contribution in [0.4, 0.5) is 8.78 Å². The number of nitrogens with zero attached hydrogens (tertiary/aromatic N) is 3. The summed E-state index contributed by atoms with van der Waals surface area (Å²) in [7, 11) is 1.21. The van der Waals surface area contributed by atoms with Gasteiger partial charge in [-0.2, -0.15) is 5.10 Å². The molecule has 2 aromatic heterocycles. The largest absolute Gasteiger partial charge is 0.467 e. The lowest BCUT2D eigenvalue weighted by Gasteiger charge is -2.14. The van der Waals surface area contributed by atoms with Crippen molar-refractivity contribution in [3.05, 3.63) is 66.1 Å². The molecular weight excluding hydrogens is 358 g/mol. The molecule has 140 valence electrons. The molecule has 27 heavy (non-hydrogen) atoms. The summed E-state index contributed by atoms with van der Waals surface area (Å²) in [4.78, 5) is 24.2. The minimum absolute atomic E-state index is 0.0276. The highest BCUT2D eigenvalue weighted by molar-refractivity contribution is 5.99. The molecule has 9 heteroatoms. The molecule has 1 atom stereocenters. The first kappa shape index (κ1) is 18.3. The Kier molecular flexibility index (Phi) is 5.02. The van der Waals surface area contributed by atoms with Gasteiger partial charge in [0.05, 0.1) is 13.3 Å². The van der Waals surface area contributed by atoms with Gasteiger partial charge in [0, 0.05) is 18.5 Å². The lowest BCUT2D eigenvalue weighted by molar-refractivity contribution is -0.142. The Hall–Kier alpha value is -3.49. The normalized spacial score (nSPS) is 11.9. The summed E-state index contributed by atoms with van der Waals surface area (Å²) in [5.74, 6) is -2.52. The maximum atomic E-state index is 14.3. The number of nitrogens with one attached hydrogen (secondary N) is 1. The fourth-order valence-electron chi connectivity index (χ4n) is 2.57. The number of rotatable bonds is 5. The molecule has 2 heterocycles. The predicted molar refractivity (Wildman–Crippen MR) is 91.8 cm³/mol. The zero-order valence-corrected chi connectivity index (χ0v) is 14.5. The van der Waals surface area contributed by atoms with Crippen molar-refractivity contribution in [3.8, 4) is 11.5 Å². The summed E-state index contributed by atoms with van der Waals surface area (Å²) < 4.78 is 34.8. The minimum Gasteiger partial charge on any atom is -0.467 e. The van der Waals surface area contributed by atoms with E-state index in [2.05, 4.69) is 15.2 Å². The highest BCUT2D eigenvalue weighted by Crippen LogP contribution is 2.22. The van der Waals surface area contributed by atoms with Crippen molar-refractivity contribution in [1.82, 2.24) is 19.7 Å². The van der Waals surface area contributed by atoms with Crippen molar-refractivity contribution < 1.29 is 23.1 Å². The van der Waals surface area contributed by atoms with Crippen LogP contribution in [0.5, 0.6) is 0 Å². The highest BCUT2D eigenvalue weighted by atomic mass is 19.1. The van der Waals surface area contributed by atoms with Gasteiger partial charge in [-0.25, -0.2) is 18.3 Å². The van der Waals surface area contributed by atoms with E-state index in [1.54, 1.807) is 29.1 Å². The Bertz CT molecular complexity index is 983. The van der Waals surface area contributed by atoms with Gasteiger partial charge in [0.15, 0.2) is 11.6 Å². The average molecular weight is 374 g/mol. The monoisotopic (exact) mass is 374 g/mol. The summed E-state index contributed by atoms with van der Waals surface area (Å²) in [5.41, 5.74) is 0.0749. The summed E-state index contributed by atoms with van der Waals surface area (Å²) in [6, 6.07) is 5.61. The molecule has 0 fully saturated rings. The van der Waals surface area contributed by atoms with Gasteiger partial charge in [0.25, 0.3) is 5.91 Å². The first-order valence-corrected chi connectivity index (χ1v) is 7.98. The molecule has 0 aliphatic rings. The molecule has 0 saturated carbocycles. The van der Waals surface area contributed by atoms with Crippen LogP contribution in [0.1, 0.15) is 17.3 Å². The first-order chi connectivity index (χ1) is 12.9. The maximum absolute atomic E-state index is 14.3. The van der Waals surface area contributed by atoms with Gasteiger partial charge in [-0.05, 0) is 31.2 Å². The van der Waals surface area contributed by atoms with Crippen LogP contribution < -0.4 is 5.32 Å². The van der Waals surface area contributed by atoms with E-state index in [9.17, 15) is 18.4 Å². The van der Waals surface area contributed by atoms with E-state index in [-0.39, 0.29) is 17.1 Å². The van der Waals surface area contributed by atoms with Crippen LogP contribution in [0.25, 0.3) is 11.5 Å². The third-order valence-corrected chi connectivity index (χ3v) is 3.88. The van der Waals surface area contributed by atoms with Gasteiger partial charge < -0.3 is 14.6 Å². The Balaban J connectivity index is 2.07. The third kappa shape index (κ3) is 3.57. The minimum atomic E-state index is -0.883. The van der Waals surface area contributed by atoms with Gasteiger partial charge in [0.1, 0.15) is 23.1 Å². The van der Waals surface area contributed by atoms with Gasteiger partial charge in [-0.1, -0.05) is 0 Å². The molecule has 1 N–H and O–H groups in total. The number of hydrogen-bond donors (Lipinski definition) is 1. The highest BCUT2D eigenvalue weighted by Gasteiger charge is 2.24. The number of halogens is 2. The molecule has 1 amide bonds. The Morgan fingerprint density at radius 3 is 2.56 bits per heavy atom.